The fourth-order valence-electron chi connectivity index (χ4n) is 1.07. The Morgan fingerprint density at radius 1 is 1.08 bits per heavy atom. The predicted octanol–water partition coefficient (Wildman–Crippen LogP) is 1.91. The summed E-state index contributed by atoms with van der Waals surface area (Å²) in [5, 5.41) is 1.81. The molecule has 0 aliphatic carbocycles. The summed E-state index contributed by atoms with van der Waals surface area (Å²) in [6.45, 7) is 2.00. The van der Waals surface area contributed by atoms with E-state index >= 15 is 0 Å². The summed E-state index contributed by atoms with van der Waals surface area (Å²) >= 11 is 5.78. The lowest BCUT2D eigenvalue weighted by Crippen LogP contribution is -2.49. The fourth-order valence-corrected chi connectivity index (χ4v) is 2.61. The van der Waals surface area contributed by atoms with E-state index in [9.17, 15) is 0 Å². The zero-order valence-electron chi connectivity index (χ0n) is 8.00. The molecule has 0 bridgehead atoms. The van der Waals surface area contributed by atoms with Crippen molar-refractivity contribution < 1.29 is 8.85 Å². The maximum atomic E-state index is 5.78. The van der Waals surface area contributed by atoms with E-state index in [1.807, 2.05) is 30.8 Å². The molecule has 1 aromatic rings. The SMILES string of the molecule is CO[Si](C)(OC)c1ccc(Cl)cc1. The Bertz CT molecular complexity index is 269. The molecule has 0 spiro atoms. The minimum absolute atomic E-state index is 0.729. The van der Waals surface area contributed by atoms with Crippen LogP contribution < -0.4 is 5.19 Å². The lowest BCUT2D eigenvalue weighted by atomic mass is 10.4. The maximum Gasteiger partial charge on any atom is 0.368 e. The standard InChI is InChI=1S/C9H13ClO2Si/c1-11-13(3,12-2)9-6-4-8(10)5-7-9/h4-7H,1-3H3. The largest absolute Gasteiger partial charge is 0.394 e. The third-order valence-corrected chi connectivity index (χ3v) is 5.34. The fraction of sp³-hybridized carbons (Fsp3) is 0.333. The zero-order valence-corrected chi connectivity index (χ0v) is 9.76. The lowest BCUT2D eigenvalue weighted by molar-refractivity contribution is 0.265. The van der Waals surface area contributed by atoms with Gasteiger partial charge in [0.25, 0.3) is 0 Å². The van der Waals surface area contributed by atoms with Crippen LogP contribution in [0.3, 0.4) is 0 Å². The molecule has 0 aromatic heterocycles. The van der Waals surface area contributed by atoms with Crippen LogP contribution in [0.25, 0.3) is 0 Å². The van der Waals surface area contributed by atoms with Crippen molar-refractivity contribution in [3.8, 4) is 0 Å². The third-order valence-electron chi connectivity index (χ3n) is 2.15. The van der Waals surface area contributed by atoms with Gasteiger partial charge in [0.2, 0.25) is 0 Å². The van der Waals surface area contributed by atoms with Gasteiger partial charge < -0.3 is 8.85 Å². The van der Waals surface area contributed by atoms with Crippen molar-refractivity contribution in [2.45, 2.75) is 6.55 Å². The zero-order chi connectivity index (χ0) is 9.90. The van der Waals surface area contributed by atoms with E-state index in [-0.39, 0.29) is 0 Å². The molecule has 0 saturated carbocycles. The Morgan fingerprint density at radius 2 is 1.54 bits per heavy atom. The predicted molar refractivity (Wildman–Crippen MR) is 56.7 cm³/mol. The van der Waals surface area contributed by atoms with Crippen molar-refractivity contribution >= 4 is 25.3 Å². The molecule has 2 nitrogen and oxygen atoms in total. The quantitative estimate of drug-likeness (QED) is 0.719. The van der Waals surface area contributed by atoms with E-state index in [4.69, 9.17) is 20.5 Å². The van der Waals surface area contributed by atoms with Crippen LogP contribution in [-0.2, 0) is 8.85 Å². The molecule has 0 unspecified atom stereocenters. The highest BCUT2D eigenvalue weighted by Gasteiger charge is 2.31. The first-order valence-electron chi connectivity index (χ1n) is 3.99. The summed E-state index contributed by atoms with van der Waals surface area (Å²) in [5.74, 6) is 0. The summed E-state index contributed by atoms with van der Waals surface area (Å²) < 4.78 is 10.8. The van der Waals surface area contributed by atoms with Crippen molar-refractivity contribution in [1.82, 2.24) is 0 Å². The molecule has 0 fully saturated rings. The van der Waals surface area contributed by atoms with Crippen LogP contribution in [0.2, 0.25) is 11.6 Å². The molecule has 0 N–H and O–H groups in total. The van der Waals surface area contributed by atoms with Gasteiger partial charge in [-0.1, -0.05) is 23.7 Å². The first-order valence-corrected chi connectivity index (χ1v) is 6.68. The summed E-state index contributed by atoms with van der Waals surface area (Å²) in [5.41, 5.74) is 0. The molecule has 0 aliphatic rings. The molecule has 0 radical (unpaired) electrons. The maximum absolute atomic E-state index is 5.78. The monoisotopic (exact) mass is 216 g/mol. The smallest absolute Gasteiger partial charge is 0.368 e. The van der Waals surface area contributed by atoms with Gasteiger partial charge in [-0.05, 0) is 23.9 Å². The van der Waals surface area contributed by atoms with Gasteiger partial charge in [0, 0.05) is 19.2 Å². The molecule has 0 amide bonds. The van der Waals surface area contributed by atoms with Crippen LogP contribution in [0.1, 0.15) is 0 Å². The van der Waals surface area contributed by atoms with E-state index in [2.05, 4.69) is 0 Å². The van der Waals surface area contributed by atoms with Crippen LogP contribution in [-0.4, -0.2) is 22.8 Å². The van der Waals surface area contributed by atoms with Crippen molar-refractivity contribution in [1.29, 1.82) is 0 Å². The van der Waals surface area contributed by atoms with Gasteiger partial charge in [-0.15, -0.1) is 0 Å². The van der Waals surface area contributed by atoms with Gasteiger partial charge in [0.05, 0.1) is 0 Å². The number of hydrogen-bond donors (Lipinski definition) is 0. The van der Waals surface area contributed by atoms with Crippen LogP contribution in [0.4, 0.5) is 0 Å². The molecule has 1 aromatic carbocycles. The molecule has 1 rings (SSSR count). The van der Waals surface area contributed by atoms with Crippen molar-refractivity contribution in [2.75, 3.05) is 14.2 Å². The third kappa shape index (κ3) is 2.31. The molecule has 0 heterocycles. The minimum atomic E-state index is -2.16. The molecule has 13 heavy (non-hydrogen) atoms. The van der Waals surface area contributed by atoms with Gasteiger partial charge in [0.1, 0.15) is 0 Å². The molecule has 0 aliphatic heterocycles. The molecule has 72 valence electrons. The molecule has 0 saturated heterocycles. The van der Waals surface area contributed by atoms with Crippen molar-refractivity contribution in [3.63, 3.8) is 0 Å². The highest BCUT2D eigenvalue weighted by molar-refractivity contribution is 6.79. The number of halogens is 1. The van der Waals surface area contributed by atoms with Gasteiger partial charge >= 0.3 is 8.56 Å². The second-order valence-corrected chi connectivity index (χ2v) is 6.58. The highest BCUT2D eigenvalue weighted by atomic mass is 35.5. The summed E-state index contributed by atoms with van der Waals surface area (Å²) in [6, 6.07) is 7.59. The van der Waals surface area contributed by atoms with E-state index in [1.165, 1.54) is 0 Å². The van der Waals surface area contributed by atoms with Gasteiger partial charge in [-0.2, -0.15) is 0 Å². The topological polar surface area (TPSA) is 18.5 Å². The average Bonchev–Trinajstić information content (AvgIpc) is 2.18. The highest BCUT2D eigenvalue weighted by Crippen LogP contribution is 2.09. The Kier molecular flexibility index (Phi) is 3.50. The van der Waals surface area contributed by atoms with Crippen molar-refractivity contribution in [3.05, 3.63) is 29.3 Å². The van der Waals surface area contributed by atoms with Crippen LogP contribution >= 0.6 is 11.6 Å². The Morgan fingerprint density at radius 3 is 1.92 bits per heavy atom. The second kappa shape index (κ2) is 4.24. The van der Waals surface area contributed by atoms with Crippen molar-refractivity contribution in [2.24, 2.45) is 0 Å². The van der Waals surface area contributed by atoms with Crippen LogP contribution in [0, 0.1) is 0 Å². The number of benzene rings is 1. The number of hydrogen-bond acceptors (Lipinski definition) is 2. The van der Waals surface area contributed by atoms with Gasteiger partial charge in [-0.3, -0.25) is 0 Å². The molecule has 4 heteroatoms. The van der Waals surface area contributed by atoms with Gasteiger partial charge in [-0.25, -0.2) is 0 Å². The first kappa shape index (κ1) is 10.7. The first-order chi connectivity index (χ1) is 6.12. The summed E-state index contributed by atoms with van der Waals surface area (Å²) in [7, 11) is 1.19. The molecule has 0 atom stereocenters. The molecular weight excluding hydrogens is 204 g/mol. The number of rotatable bonds is 3. The lowest BCUT2D eigenvalue weighted by Gasteiger charge is -2.22. The van der Waals surface area contributed by atoms with E-state index in [1.54, 1.807) is 14.2 Å². The second-order valence-electron chi connectivity index (χ2n) is 2.86. The Hall–Kier alpha value is -0.353. The summed E-state index contributed by atoms with van der Waals surface area (Å²) in [4.78, 5) is 0. The normalized spacial score (nSPS) is 11.7. The minimum Gasteiger partial charge on any atom is -0.394 e. The van der Waals surface area contributed by atoms with E-state index < -0.39 is 8.56 Å². The molecular formula is C9H13ClO2Si. The van der Waals surface area contributed by atoms with E-state index in [0.29, 0.717) is 0 Å². The Labute approximate surface area is 84.7 Å². The van der Waals surface area contributed by atoms with Gasteiger partial charge in [0.15, 0.2) is 0 Å². The average molecular weight is 217 g/mol. The van der Waals surface area contributed by atoms with Crippen LogP contribution in [0.5, 0.6) is 0 Å². The van der Waals surface area contributed by atoms with Crippen LogP contribution in [0.15, 0.2) is 24.3 Å². The summed E-state index contributed by atoms with van der Waals surface area (Å²) in [6.07, 6.45) is 0. The Balaban J connectivity index is 2.99. The van der Waals surface area contributed by atoms with E-state index in [0.717, 1.165) is 10.2 Å².